The number of aromatic carboxylic acids is 1. The van der Waals surface area contributed by atoms with Gasteiger partial charge >= 0.3 is 25.2 Å². The number of halogens is 3. The highest BCUT2D eigenvalue weighted by Gasteiger charge is 2.38. The van der Waals surface area contributed by atoms with Crippen molar-refractivity contribution in [2.24, 2.45) is 0 Å². The molecule has 0 aliphatic rings. The molecule has 0 radical (unpaired) electrons. The molecule has 4 N–H and O–H groups in total. The highest BCUT2D eigenvalue weighted by atomic mass is 19.4. The number of hydrogen-bond donors (Lipinski definition) is 4. The molecule has 3 rings (SSSR count). The molecule has 1 heterocycles. The molecule has 0 atom stereocenters. The van der Waals surface area contributed by atoms with E-state index in [9.17, 15) is 18.0 Å². The van der Waals surface area contributed by atoms with E-state index in [1.807, 2.05) is 16.7 Å². The fraction of sp³-hybridized carbons (Fsp3) is 0.118. The number of hydrogen-bond acceptors (Lipinski definition) is 5. The third-order valence-corrected chi connectivity index (χ3v) is 3.74. The molecule has 0 bridgehead atoms. The first-order valence-corrected chi connectivity index (χ1v) is 7.92. The van der Waals surface area contributed by atoms with Gasteiger partial charge in [-0.05, 0) is 29.2 Å². The van der Waals surface area contributed by atoms with Crippen LogP contribution in [-0.2, 0) is 11.3 Å². The van der Waals surface area contributed by atoms with Gasteiger partial charge in [0, 0.05) is 6.54 Å². The largest absolute Gasteiger partial charge is 0.490 e. The monoisotopic (exact) mass is 410 g/mol. The number of carbonyl (C=O) groups is 2. The lowest BCUT2D eigenvalue weighted by atomic mass is 9.80. The van der Waals surface area contributed by atoms with E-state index < -0.39 is 25.2 Å². The van der Waals surface area contributed by atoms with Gasteiger partial charge in [-0.1, -0.05) is 24.3 Å². The zero-order valence-electron chi connectivity index (χ0n) is 14.5. The van der Waals surface area contributed by atoms with Crippen molar-refractivity contribution in [2.45, 2.75) is 12.7 Å². The van der Waals surface area contributed by atoms with Gasteiger partial charge in [-0.2, -0.15) is 13.2 Å². The van der Waals surface area contributed by atoms with E-state index >= 15 is 0 Å². The molecule has 152 valence electrons. The second-order valence-electron chi connectivity index (χ2n) is 5.80. The van der Waals surface area contributed by atoms with Crippen LogP contribution in [-0.4, -0.2) is 55.0 Å². The number of aliphatic carboxylic acids is 1. The average molecular weight is 410 g/mol. The van der Waals surface area contributed by atoms with Crippen molar-refractivity contribution in [3.63, 3.8) is 0 Å². The number of imidazole rings is 1. The lowest BCUT2D eigenvalue weighted by molar-refractivity contribution is -0.192. The zero-order chi connectivity index (χ0) is 21.8. The summed E-state index contributed by atoms with van der Waals surface area (Å²) < 4.78 is 33.6. The normalized spacial score (nSPS) is 10.9. The van der Waals surface area contributed by atoms with E-state index in [4.69, 9.17) is 25.1 Å². The van der Waals surface area contributed by atoms with Gasteiger partial charge in [-0.25, -0.2) is 14.6 Å². The molecule has 1 aromatic heterocycles. The minimum absolute atomic E-state index is 0.207. The Morgan fingerprint density at radius 2 is 1.62 bits per heavy atom. The summed E-state index contributed by atoms with van der Waals surface area (Å²) in [6.45, 7) is 0.560. The van der Waals surface area contributed by atoms with Crippen LogP contribution >= 0.6 is 0 Å². The van der Waals surface area contributed by atoms with Crippen LogP contribution in [0.5, 0.6) is 0 Å². The van der Waals surface area contributed by atoms with Crippen LogP contribution in [0, 0.1) is 0 Å². The number of alkyl halides is 3. The molecular formula is C17H14BF3N2O6. The minimum Gasteiger partial charge on any atom is -0.478 e. The first kappa shape index (κ1) is 21.9. The Hall–Kier alpha value is -3.38. The predicted octanol–water partition coefficient (Wildman–Crippen LogP) is 1.10. The summed E-state index contributed by atoms with van der Waals surface area (Å²) in [6, 6.07) is 11.8. The van der Waals surface area contributed by atoms with E-state index in [-0.39, 0.29) is 5.56 Å². The maximum absolute atomic E-state index is 11.0. The van der Waals surface area contributed by atoms with Crippen molar-refractivity contribution in [3.8, 4) is 0 Å². The number of benzene rings is 2. The van der Waals surface area contributed by atoms with Gasteiger partial charge in [0.1, 0.15) is 0 Å². The van der Waals surface area contributed by atoms with E-state index in [0.29, 0.717) is 17.5 Å². The SMILES string of the molecule is O=C(O)C(F)(F)F.O=C(O)c1ccc2c(c1)ncn2Cc1ccc(B(O)O)cc1. The van der Waals surface area contributed by atoms with E-state index in [1.54, 1.807) is 36.7 Å². The molecule has 29 heavy (non-hydrogen) atoms. The van der Waals surface area contributed by atoms with Crippen LogP contribution in [0.15, 0.2) is 48.8 Å². The number of carboxylic acid groups (broad SMARTS) is 2. The molecule has 2 aromatic carbocycles. The van der Waals surface area contributed by atoms with Crippen LogP contribution in [0.3, 0.4) is 0 Å². The highest BCUT2D eigenvalue weighted by Crippen LogP contribution is 2.16. The Morgan fingerprint density at radius 3 is 2.10 bits per heavy atom. The van der Waals surface area contributed by atoms with E-state index in [2.05, 4.69) is 4.98 Å². The van der Waals surface area contributed by atoms with Crippen molar-refractivity contribution in [1.29, 1.82) is 0 Å². The Morgan fingerprint density at radius 1 is 1.03 bits per heavy atom. The third-order valence-electron chi connectivity index (χ3n) is 3.74. The lowest BCUT2D eigenvalue weighted by Gasteiger charge is -2.06. The van der Waals surface area contributed by atoms with Gasteiger partial charge in [0.05, 0.1) is 22.9 Å². The van der Waals surface area contributed by atoms with Crippen molar-refractivity contribution in [1.82, 2.24) is 9.55 Å². The Labute approximate surface area is 161 Å². The van der Waals surface area contributed by atoms with Crippen LogP contribution < -0.4 is 5.46 Å². The summed E-state index contributed by atoms with van der Waals surface area (Å²) in [5, 5.41) is 34.3. The maximum atomic E-state index is 11.0. The lowest BCUT2D eigenvalue weighted by Crippen LogP contribution is -2.29. The molecular weight excluding hydrogens is 396 g/mol. The van der Waals surface area contributed by atoms with Gasteiger partial charge in [-0.15, -0.1) is 0 Å². The number of fused-ring (bicyclic) bond motifs is 1. The van der Waals surface area contributed by atoms with Gasteiger partial charge in [0.2, 0.25) is 0 Å². The van der Waals surface area contributed by atoms with Crippen LogP contribution in [0.1, 0.15) is 15.9 Å². The standard InChI is InChI=1S/C15H13BN2O4.C2HF3O2/c19-15(20)11-3-6-14-13(7-11)17-9-18(14)8-10-1-4-12(5-2-10)16(21)22;3-2(4,5)1(6)7/h1-7,9,21-22H,8H2,(H,19,20);(H,6,7). The smallest absolute Gasteiger partial charge is 0.478 e. The molecule has 0 unspecified atom stereocenters. The van der Waals surface area contributed by atoms with Crippen LogP contribution in [0.2, 0.25) is 0 Å². The molecule has 0 saturated carbocycles. The summed E-state index contributed by atoms with van der Waals surface area (Å²) in [5.74, 6) is -3.73. The molecule has 0 aliphatic carbocycles. The van der Waals surface area contributed by atoms with Crippen molar-refractivity contribution in [2.75, 3.05) is 0 Å². The van der Waals surface area contributed by atoms with E-state index in [0.717, 1.165) is 11.1 Å². The van der Waals surface area contributed by atoms with Gasteiger partial charge in [-0.3, -0.25) is 0 Å². The molecule has 8 nitrogen and oxygen atoms in total. The molecule has 0 fully saturated rings. The van der Waals surface area contributed by atoms with Crippen LogP contribution in [0.25, 0.3) is 11.0 Å². The summed E-state index contributed by atoms with van der Waals surface area (Å²) in [7, 11) is -1.47. The first-order valence-electron chi connectivity index (χ1n) is 7.92. The average Bonchev–Trinajstić information content (AvgIpc) is 3.04. The Bertz CT molecular complexity index is 1020. The predicted molar refractivity (Wildman–Crippen MR) is 95.8 cm³/mol. The van der Waals surface area contributed by atoms with Crippen molar-refractivity contribution in [3.05, 3.63) is 59.9 Å². The zero-order valence-corrected chi connectivity index (χ0v) is 14.5. The molecule has 0 aliphatic heterocycles. The summed E-state index contributed by atoms with van der Waals surface area (Å²) in [4.78, 5) is 24.1. The van der Waals surface area contributed by atoms with E-state index in [1.165, 1.54) is 0 Å². The first-order chi connectivity index (χ1) is 13.5. The molecule has 12 heteroatoms. The molecule has 0 amide bonds. The number of carboxylic acids is 2. The number of nitrogens with zero attached hydrogens (tertiary/aromatic N) is 2. The Kier molecular flexibility index (Phi) is 6.62. The summed E-state index contributed by atoms with van der Waals surface area (Å²) >= 11 is 0. The van der Waals surface area contributed by atoms with Gasteiger partial charge in [0.15, 0.2) is 0 Å². The van der Waals surface area contributed by atoms with Crippen LogP contribution in [0.4, 0.5) is 13.2 Å². The fourth-order valence-electron chi connectivity index (χ4n) is 2.31. The minimum atomic E-state index is -5.08. The van der Waals surface area contributed by atoms with Gasteiger partial charge < -0.3 is 24.8 Å². The number of rotatable bonds is 4. The van der Waals surface area contributed by atoms with Crippen molar-refractivity contribution < 1.29 is 43.0 Å². The van der Waals surface area contributed by atoms with Gasteiger partial charge in [0.25, 0.3) is 0 Å². The molecule has 0 saturated heterocycles. The molecule has 3 aromatic rings. The number of aromatic nitrogens is 2. The quantitative estimate of drug-likeness (QED) is 0.474. The summed E-state index contributed by atoms with van der Waals surface area (Å²) in [6.07, 6.45) is -3.43. The second-order valence-corrected chi connectivity index (χ2v) is 5.80. The third kappa shape index (κ3) is 5.80. The fourth-order valence-corrected chi connectivity index (χ4v) is 2.31. The maximum Gasteiger partial charge on any atom is 0.490 e. The highest BCUT2D eigenvalue weighted by molar-refractivity contribution is 6.58. The van der Waals surface area contributed by atoms with Crippen molar-refractivity contribution >= 4 is 35.6 Å². The Balaban J connectivity index is 0.000000370. The summed E-state index contributed by atoms with van der Waals surface area (Å²) in [5.41, 5.74) is 3.09. The second kappa shape index (κ2) is 8.75. The molecule has 0 spiro atoms. The topological polar surface area (TPSA) is 133 Å².